The quantitative estimate of drug-likeness (QED) is 0.590. The summed E-state index contributed by atoms with van der Waals surface area (Å²) in [6, 6.07) is 0. The largest absolute Gasteiger partial charge is 0.0622 e. The summed E-state index contributed by atoms with van der Waals surface area (Å²) < 4.78 is 0. The highest BCUT2D eigenvalue weighted by Gasteiger charge is 2.42. The third-order valence-electron chi connectivity index (χ3n) is 4.83. The molecule has 0 heterocycles. The van der Waals surface area contributed by atoms with Gasteiger partial charge in [-0.15, -0.1) is 0 Å². The fraction of sp³-hybridized carbons (Fsp3) is 1.00. The average molecular weight is 196 g/mol. The Hall–Kier alpha value is 0. The van der Waals surface area contributed by atoms with E-state index in [2.05, 4.69) is 41.5 Å². The van der Waals surface area contributed by atoms with E-state index in [1.807, 2.05) is 0 Å². The molecule has 1 fully saturated rings. The summed E-state index contributed by atoms with van der Waals surface area (Å²) in [5, 5.41) is 0. The lowest BCUT2D eigenvalue weighted by molar-refractivity contribution is 0.0147. The van der Waals surface area contributed by atoms with E-state index in [4.69, 9.17) is 0 Å². The van der Waals surface area contributed by atoms with Crippen molar-refractivity contribution in [2.45, 2.75) is 67.2 Å². The first-order chi connectivity index (χ1) is 6.30. The second-order valence-electron chi connectivity index (χ2n) is 6.71. The van der Waals surface area contributed by atoms with Gasteiger partial charge in [0.1, 0.15) is 0 Å². The van der Waals surface area contributed by atoms with Crippen LogP contribution in [0.4, 0.5) is 0 Å². The van der Waals surface area contributed by atoms with E-state index in [0.717, 1.165) is 11.8 Å². The van der Waals surface area contributed by atoms with Crippen LogP contribution in [-0.4, -0.2) is 0 Å². The Morgan fingerprint density at radius 1 is 0.714 bits per heavy atom. The molecule has 0 N–H and O–H groups in total. The summed E-state index contributed by atoms with van der Waals surface area (Å²) in [5.41, 5.74) is 1.24. The first-order valence-electron chi connectivity index (χ1n) is 6.30. The van der Waals surface area contributed by atoms with Crippen molar-refractivity contribution < 1.29 is 0 Å². The van der Waals surface area contributed by atoms with E-state index < -0.39 is 0 Å². The summed E-state index contributed by atoms with van der Waals surface area (Å²) in [6.07, 6.45) is 5.72. The molecule has 0 aromatic carbocycles. The Balaban J connectivity index is 2.75. The lowest BCUT2D eigenvalue weighted by Crippen LogP contribution is -2.39. The molecule has 0 aliphatic heterocycles. The first kappa shape index (κ1) is 12.1. The SMILES string of the molecule is CC(C)C1(C(C)C)CCC(C)(C)CC1. The molecule has 0 aromatic heterocycles. The highest BCUT2D eigenvalue weighted by molar-refractivity contribution is 4.92. The maximum atomic E-state index is 2.43. The van der Waals surface area contributed by atoms with Crippen molar-refractivity contribution in [3.05, 3.63) is 0 Å². The number of rotatable bonds is 2. The topological polar surface area (TPSA) is 0 Å². The molecule has 0 radical (unpaired) electrons. The second kappa shape index (κ2) is 3.87. The van der Waals surface area contributed by atoms with Gasteiger partial charge in [0.2, 0.25) is 0 Å². The zero-order valence-electron chi connectivity index (χ0n) is 11.0. The van der Waals surface area contributed by atoms with Gasteiger partial charge in [0.05, 0.1) is 0 Å². The van der Waals surface area contributed by atoms with Gasteiger partial charge in [-0.05, 0) is 48.3 Å². The molecule has 84 valence electrons. The minimum atomic E-state index is 0.604. The maximum Gasteiger partial charge on any atom is -0.0251 e. The predicted octanol–water partition coefficient (Wildman–Crippen LogP) is 4.89. The van der Waals surface area contributed by atoms with Crippen molar-refractivity contribution in [1.82, 2.24) is 0 Å². The van der Waals surface area contributed by atoms with E-state index >= 15 is 0 Å². The fourth-order valence-electron chi connectivity index (χ4n) is 3.21. The zero-order chi connectivity index (χ0) is 11.0. The smallest absolute Gasteiger partial charge is 0.0251 e. The van der Waals surface area contributed by atoms with Crippen LogP contribution in [-0.2, 0) is 0 Å². The van der Waals surface area contributed by atoms with Crippen molar-refractivity contribution in [2.24, 2.45) is 22.7 Å². The average Bonchev–Trinajstić information content (AvgIpc) is 2.03. The monoisotopic (exact) mass is 196 g/mol. The van der Waals surface area contributed by atoms with Gasteiger partial charge in [-0.25, -0.2) is 0 Å². The van der Waals surface area contributed by atoms with E-state index in [9.17, 15) is 0 Å². The van der Waals surface area contributed by atoms with Gasteiger partial charge in [-0.1, -0.05) is 41.5 Å². The fourth-order valence-corrected chi connectivity index (χ4v) is 3.21. The van der Waals surface area contributed by atoms with Crippen LogP contribution in [0.15, 0.2) is 0 Å². The van der Waals surface area contributed by atoms with Gasteiger partial charge < -0.3 is 0 Å². The molecule has 1 aliphatic carbocycles. The summed E-state index contributed by atoms with van der Waals surface area (Å²) >= 11 is 0. The predicted molar refractivity (Wildman–Crippen MR) is 64.4 cm³/mol. The molecule has 0 saturated heterocycles. The lowest BCUT2D eigenvalue weighted by Gasteiger charge is -2.49. The van der Waals surface area contributed by atoms with Gasteiger partial charge >= 0.3 is 0 Å². The minimum absolute atomic E-state index is 0.604. The highest BCUT2D eigenvalue weighted by Crippen LogP contribution is 2.52. The molecular formula is C14H28. The summed E-state index contributed by atoms with van der Waals surface area (Å²) in [5.74, 6) is 1.69. The molecule has 0 amide bonds. The van der Waals surface area contributed by atoms with Gasteiger partial charge in [0.15, 0.2) is 0 Å². The van der Waals surface area contributed by atoms with Crippen molar-refractivity contribution in [2.75, 3.05) is 0 Å². The van der Waals surface area contributed by atoms with Crippen molar-refractivity contribution in [3.63, 3.8) is 0 Å². The summed E-state index contributed by atoms with van der Waals surface area (Å²) in [4.78, 5) is 0. The van der Waals surface area contributed by atoms with Crippen molar-refractivity contribution in [3.8, 4) is 0 Å². The molecule has 0 atom stereocenters. The molecule has 1 saturated carbocycles. The van der Waals surface area contributed by atoms with Gasteiger partial charge in [-0.2, -0.15) is 0 Å². The molecular weight excluding hydrogens is 168 g/mol. The molecule has 1 aliphatic rings. The Labute approximate surface area is 90.5 Å². The molecule has 0 bridgehead atoms. The molecule has 0 aromatic rings. The third-order valence-corrected chi connectivity index (χ3v) is 4.83. The van der Waals surface area contributed by atoms with Crippen LogP contribution in [0.1, 0.15) is 67.2 Å². The highest BCUT2D eigenvalue weighted by atomic mass is 14.5. The number of hydrogen-bond acceptors (Lipinski definition) is 0. The Kier molecular flexibility index (Phi) is 3.33. The number of hydrogen-bond donors (Lipinski definition) is 0. The van der Waals surface area contributed by atoms with Gasteiger partial charge in [0.25, 0.3) is 0 Å². The van der Waals surface area contributed by atoms with Crippen LogP contribution in [0.2, 0.25) is 0 Å². The van der Waals surface area contributed by atoms with Gasteiger partial charge in [0, 0.05) is 0 Å². The second-order valence-corrected chi connectivity index (χ2v) is 6.71. The van der Waals surface area contributed by atoms with E-state index in [0.29, 0.717) is 10.8 Å². The van der Waals surface area contributed by atoms with Crippen LogP contribution in [0.25, 0.3) is 0 Å². The van der Waals surface area contributed by atoms with E-state index in [1.54, 1.807) is 0 Å². The molecule has 1 rings (SSSR count). The normalized spacial score (nSPS) is 25.7. The Morgan fingerprint density at radius 3 is 1.36 bits per heavy atom. The molecule has 0 nitrogen and oxygen atoms in total. The van der Waals surface area contributed by atoms with Gasteiger partial charge in [-0.3, -0.25) is 0 Å². The van der Waals surface area contributed by atoms with Crippen molar-refractivity contribution in [1.29, 1.82) is 0 Å². The Bertz CT molecular complexity index is 166. The Morgan fingerprint density at radius 2 is 1.07 bits per heavy atom. The van der Waals surface area contributed by atoms with Crippen LogP contribution in [0.3, 0.4) is 0 Å². The molecule has 0 spiro atoms. The maximum absolute atomic E-state index is 2.43. The van der Waals surface area contributed by atoms with Crippen LogP contribution in [0.5, 0.6) is 0 Å². The molecule has 0 unspecified atom stereocenters. The minimum Gasteiger partial charge on any atom is -0.0622 e. The standard InChI is InChI=1S/C14H28/c1-11(2)14(12(3)4)9-7-13(5,6)8-10-14/h11-12H,7-10H2,1-6H3. The lowest BCUT2D eigenvalue weighted by atomic mass is 9.56. The summed E-state index contributed by atoms with van der Waals surface area (Å²) in [7, 11) is 0. The van der Waals surface area contributed by atoms with Crippen LogP contribution in [0, 0.1) is 22.7 Å². The van der Waals surface area contributed by atoms with Crippen LogP contribution < -0.4 is 0 Å². The van der Waals surface area contributed by atoms with E-state index in [1.165, 1.54) is 25.7 Å². The molecule has 14 heavy (non-hydrogen) atoms. The van der Waals surface area contributed by atoms with Crippen molar-refractivity contribution >= 4 is 0 Å². The zero-order valence-corrected chi connectivity index (χ0v) is 11.0. The third kappa shape index (κ3) is 2.15. The molecule has 0 heteroatoms. The van der Waals surface area contributed by atoms with E-state index in [-0.39, 0.29) is 0 Å². The van der Waals surface area contributed by atoms with Crippen LogP contribution >= 0.6 is 0 Å². The summed E-state index contributed by atoms with van der Waals surface area (Å²) in [6.45, 7) is 14.5. The first-order valence-corrected chi connectivity index (χ1v) is 6.30.